The highest BCUT2D eigenvalue weighted by Gasteiger charge is 2.36. The zero-order chi connectivity index (χ0) is 13.5. The van der Waals surface area contributed by atoms with Crippen LogP contribution in [0.5, 0.6) is 0 Å². The number of sulfonamides is 1. The van der Waals surface area contributed by atoms with Crippen molar-refractivity contribution in [1.29, 1.82) is 0 Å². The van der Waals surface area contributed by atoms with Crippen LogP contribution in [0.3, 0.4) is 0 Å². The number of fused-ring (bicyclic) bond motifs is 1. The molecule has 0 radical (unpaired) electrons. The second-order valence-electron chi connectivity index (χ2n) is 5.27. The smallest absolute Gasteiger partial charge is 0.220 e. The second-order valence-corrected chi connectivity index (χ2v) is 7.49. The number of hydrogen-bond acceptors (Lipinski definition) is 5. The lowest BCUT2D eigenvalue weighted by Crippen LogP contribution is -2.36. The number of anilines is 1. The van der Waals surface area contributed by atoms with Gasteiger partial charge in [0.1, 0.15) is 0 Å². The summed E-state index contributed by atoms with van der Waals surface area (Å²) < 4.78 is 26.7. The highest BCUT2D eigenvalue weighted by Crippen LogP contribution is 2.31. The Labute approximate surface area is 113 Å². The summed E-state index contributed by atoms with van der Waals surface area (Å²) >= 11 is 0. The third-order valence-corrected chi connectivity index (χ3v) is 6.27. The topological polar surface area (TPSA) is 89.2 Å². The van der Waals surface area contributed by atoms with E-state index in [2.05, 4.69) is 9.97 Å². The predicted octanol–water partition coefficient (Wildman–Crippen LogP) is 1.04. The molecule has 2 N–H and O–H groups in total. The number of rotatable bonds is 2. The number of nitrogens with zero attached hydrogens (tertiary/aromatic N) is 3. The van der Waals surface area contributed by atoms with E-state index < -0.39 is 10.0 Å². The standard InChI is InChI=1S/C12H18N4O2S/c13-12-14-6-9-7-16(8-11(9)15-12)19(17,18)10-4-2-1-3-5-10/h6,10H,1-5,7-8H2,(H2,13,14,15). The van der Waals surface area contributed by atoms with Gasteiger partial charge in [0.25, 0.3) is 0 Å². The van der Waals surface area contributed by atoms with E-state index in [1.54, 1.807) is 6.20 Å². The number of nitrogens with two attached hydrogens (primary N) is 1. The molecule has 3 rings (SSSR count). The average Bonchev–Trinajstić information content (AvgIpc) is 2.83. The molecule has 19 heavy (non-hydrogen) atoms. The van der Waals surface area contributed by atoms with Crippen molar-refractivity contribution >= 4 is 16.0 Å². The first-order chi connectivity index (χ1) is 9.07. The van der Waals surface area contributed by atoms with Crippen molar-refractivity contribution in [3.05, 3.63) is 17.5 Å². The third-order valence-electron chi connectivity index (χ3n) is 3.98. The molecule has 2 heterocycles. The van der Waals surface area contributed by atoms with Gasteiger partial charge in [0.15, 0.2) is 0 Å². The fourth-order valence-corrected chi connectivity index (χ4v) is 4.87. The maximum Gasteiger partial charge on any atom is 0.220 e. The Morgan fingerprint density at radius 2 is 1.95 bits per heavy atom. The van der Waals surface area contributed by atoms with Crippen molar-refractivity contribution in [1.82, 2.24) is 14.3 Å². The Balaban J connectivity index is 1.81. The molecule has 1 aliphatic heterocycles. The van der Waals surface area contributed by atoms with E-state index in [0.717, 1.165) is 43.4 Å². The SMILES string of the molecule is Nc1ncc2c(n1)CN(S(=O)(=O)C1CCCCC1)C2. The molecule has 2 aliphatic rings. The molecule has 0 spiro atoms. The van der Waals surface area contributed by atoms with E-state index in [-0.39, 0.29) is 11.2 Å². The molecule has 1 aliphatic carbocycles. The second kappa shape index (κ2) is 4.72. The summed E-state index contributed by atoms with van der Waals surface area (Å²) in [6.45, 7) is 0.718. The Morgan fingerprint density at radius 1 is 1.21 bits per heavy atom. The van der Waals surface area contributed by atoms with Crippen molar-refractivity contribution in [3.8, 4) is 0 Å². The van der Waals surface area contributed by atoms with Gasteiger partial charge in [-0.25, -0.2) is 18.4 Å². The lowest BCUT2D eigenvalue weighted by molar-refractivity contribution is 0.398. The molecule has 1 fully saturated rings. The lowest BCUT2D eigenvalue weighted by Gasteiger charge is -2.26. The third kappa shape index (κ3) is 2.32. The van der Waals surface area contributed by atoms with Gasteiger partial charge < -0.3 is 5.73 Å². The maximum absolute atomic E-state index is 12.6. The molecule has 1 aromatic heterocycles. The highest BCUT2D eigenvalue weighted by atomic mass is 32.2. The minimum absolute atomic E-state index is 0.204. The predicted molar refractivity (Wildman–Crippen MR) is 71.5 cm³/mol. The van der Waals surface area contributed by atoms with Gasteiger partial charge in [-0.2, -0.15) is 4.31 Å². The molecule has 1 saturated carbocycles. The van der Waals surface area contributed by atoms with E-state index in [1.807, 2.05) is 0 Å². The minimum atomic E-state index is -3.22. The van der Waals surface area contributed by atoms with Crippen LogP contribution in [0.1, 0.15) is 43.4 Å². The van der Waals surface area contributed by atoms with Gasteiger partial charge in [0.2, 0.25) is 16.0 Å². The fraction of sp³-hybridized carbons (Fsp3) is 0.667. The maximum atomic E-state index is 12.6. The van der Waals surface area contributed by atoms with Crippen LogP contribution < -0.4 is 5.73 Å². The first kappa shape index (κ1) is 12.8. The van der Waals surface area contributed by atoms with Gasteiger partial charge in [0, 0.05) is 18.3 Å². The van der Waals surface area contributed by atoms with Gasteiger partial charge in [-0.15, -0.1) is 0 Å². The van der Waals surface area contributed by atoms with Crippen molar-refractivity contribution < 1.29 is 8.42 Å². The molecule has 7 heteroatoms. The number of hydrogen-bond donors (Lipinski definition) is 1. The zero-order valence-corrected chi connectivity index (χ0v) is 11.6. The summed E-state index contributed by atoms with van der Waals surface area (Å²) in [5.74, 6) is 0.204. The Hall–Kier alpha value is -1.21. The Bertz CT molecular complexity index is 581. The van der Waals surface area contributed by atoms with Crippen LogP contribution >= 0.6 is 0 Å². The van der Waals surface area contributed by atoms with Gasteiger partial charge in [-0.05, 0) is 12.8 Å². The Morgan fingerprint density at radius 3 is 2.68 bits per heavy atom. The van der Waals surface area contributed by atoms with Crippen LogP contribution in [0.15, 0.2) is 6.20 Å². The summed E-state index contributed by atoms with van der Waals surface area (Å²) in [5, 5.41) is -0.221. The van der Waals surface area contributed by atoms with Crippen LogP contribution in [-0.2, 0) is 23.1 Å². The van der Waals surface area contributed by atoms with Gasteiger partial charge >= 0.3 is 0 Å². The van der Waals surface area contributed by atoms with E-state index in [4.69, 9.17) is 5.73 Å². The monoisotopic (exact) mass is 282 g/mol. The zero-order valence-electron chi connectivity index (χ0n) is 10.7. The first-order valence-electron chi connectivity index (χ1n) is 6.66. The van der Waals surface area contributed by atoms with Crippen LogP contribution in [0.25, 0.3) is 0 Å². The fourth-order valence-electron chi connectivity index (χ4n) is 2.89. The van der Waals surface area contributed by atoms with Gasteiger partial charge in [-0.1, -0.05) is 19.3 Å². The molecule has 6 nitrogen and oxygen atoms in total. The number of aromatic nitrogens is 2. The van der Waals surface area contributed by atoms with Crippen molar-refractivity contribution in [2.75, 3.05) is 5.73 Å². The summed E-state index contributed by atoms with van der Waals surface area (Å²) in [4.78, 5) is 8.05. The molecule has 0 saturated heterocycles. The number of nitrogen functional groups attached to an aromatic ring is 1. The van der Waals surface area contributed by atoms with Crippen molar-refractivity contribution in [2.24, 2.45) is 0 Å². The van der Waals surface area contributed by atoms with Crippen LogP contribution in [0.4, 0.5) is 5.95 Å². The van der Waals surface area contributed by atoms with E-state index in [9.17, 15) is 8.42 Å². The summed E-state index contributed by atoms with van der Waals surface area (Å²) in [6.07, 6.45) is 6.36. The van der Waals surface area contributed by atoms with Gasteiger partial charge in [-0.3, -0.25) is 0 Å². The Kier molecular flexibility index (Phi) is 3.18. The quantitative estimate of drug-likeness (QED) is 0.875. The van der Waals surface area contributed by atoms with Crippen molar-refractivity contribution in [2.45, 2.75) is 50.4 Å². The molecule has 0 bridgehead atoms. The molecule has 0 atom stereocenters. The largest absolute Gasteiger partial charge is 0.368 e. The van der Waals surface area contributed by atoms with Gasteiger partial charge in [0.05, 0.1) is 17.5 Å². The summed E-state index contributed by atoms with van der Waals surface area (Å²) in [5.41, 5.74) is 7.15. The normalized spacial score (nSPS) is 21.5. The summed E-state index contributed by atoms with van der Waals surface area (Å²) in [7, 11) is -3.22. The molecule has 104 valence electrons. The molecular weight excluding hydrogens is 264 g/mol. The molecule has 0 aromatic carbocycles. The van der Waals surface area contributed by atoms with Crippen LogP contribution in [0, 0.1) is 0 Å². The summed E-state index contributed by atoms with van der Waals surface area (Å²) in [6, 6.07) is 0. The average molecular weight is 282 g/mol. The highest BCUT2D eigenvalue weighted by molar-refractivity contribution is 7.89. The van der Waals surface area contributed by atoms with Crippen LogP contribution in [0.2, 0.25) is 0 Å². The van der Waals surface area contributed by atoms with E-state index in [1.165, 1.54) is 4.31 Å². The molecule has 1 aromatic rings. The minimum Gasteiger partial charge on any atom is -0.368 e. The lowest BCUT2D eigenvalue weighted by atomic mass is 10.0. The van der Waals surface area contributed by atoms with Crippen LogP contribution in [-0.4, -0.2) is 27.9 Å². The van der Waals surface area contributed by atoms with E-state index in [0.29, 0.717) is 13.1 Å². The molecule has 0 unspecified atom stereocenters. The molecular formula is C12H18N4O2S. The molecule has 0 amide bonds. The van der Waals surface area contributed by atoms with Crippen molar-refractivity contribution in [3.63, 3.8) is 0 Å². The first-order valence-corrected chi connectivity index (χ1v) is 8.17. The van der Waals surface area contributed by atoms with E-state index >= 15 is 0 Å².